The van der Waals surface area contributed by atoms with Crippen LogP contribution in [-0.4, -0.2) is 50.3 Å². The van der Waals surface area contributed by atoms with Gasteiger partial charge in [-0.1, -0.05) is 55.5 Å². The van der Waals surface area contributed by atoms with Crippen molar-refractivity contribution in [3.63, 3.8) is 0 Å². The van der Waals surface area contributed by atoms with Gasteiger partial charge in [0, 0.05) is 12.6 Å². The van der Waals surface area contributed by atoms with Gasteiger partial charge in [-0.3, -0.25) is 13.9 Å². The van der Waals surface area contributed by atoms with E-state index in [2.05, 4.69) is 5.32 Å². The van der Waals surface area contributed by atoms with Crippen LogP contribution in [0, 0.1) is 5.82 Å². The van der Waals surface area contributed by atoms with Crippen molar-refractivity contribution in [2.24, 2.45) is 0 Å². The van der Waals surface area contributed by atoms with E-state index in [1.807, 2.05) is 51.1 Å². The quantitative estimate of drug-likeness (QED) is 0.370. The van der Waals surface area contributed by atoms with Gasteiger partial charge < -0.3 is 10.2 Å². The first-order chi connectivity index (χ1) is 18.1. The maximum absolute atomic E-state index is 13.8. The van der Waals surface area contributed by atoms with Crippen LogP contribution in [0.5, 0.6) is 0 Å². The predicted octanol–water partition coefficient (Wildman–Crippen LogP) is 4.40. The molecule has 9 heteroatoms. The van der Waals surface area contributed by atoms with E-state index in [0.29, 0.717) is 12.8 Å². The molecule has 1 N–H and O–H groups in total. The molecule has 0 aliphatic rings. The summed E-state index contributed by atoms with van der Waals surface area (Å²) in [5.74, 6) is -1.36. The van der Waals surface area contributed by atoms with Gasteiger partial charge in [0.25, 0.3) is 10.0 Å². The number of carbonyl (C=O) groups excluding carboxylic acids is 2. The van der Waals surface area contributed by atoms with Gasteiger partial charge in [0.05, 0.1) is 10.6 Å². The van der Waals surface area contributed by atoms with Crippen molar-refractivity contribution < 1.29 is 22.4 Å². The molecule has 0 aromatic heterocycles. The van der Waals surface area contributed by atoms with Crippen molar-refractivity contribution in [3.8, 4) is 0 Å². The second kappa shape index (κ2) is 13.2. The summed E-state index contributed by atoms with van der Waals surface area (Å²) in [4.78, 5) is 28.4. The number of benzene rings is 3. The fourth-order valence-electron chi connectivity index (χ4n) is 4.13. The number of nitrogens with zero attached hydrogens (tertiary/aromatic N) is 2. The number of hydrogen-bond acceptors (Lipinski definition) is 4. The van der Waals surface area contributed by atoms with Crippen molar-refractivity contribution in [1.29, 1.82) is 0 Å². The number of hydrogen-bond donors (Lipinski definition) is 1. The molecule has 0 aliphatic carbocycles. The zero-order chi connectivity index (χ0) is 27.7. The highest BCUT2D eigenvalue weighted by atomic mass is 32.2. The molecule has 3 rings (SSSR count). The van der Waals surface area contributed by atoms with Gasteiger partial charge in [0.1, 0.15) is 18.4 Å². The molecular formula is C29H34FN3O4S. The molecule has 38 heavy (non-hydrogen) atoms. The molecule has 3 aromatic carbocycles. The fraction of sp³-hybridized carbons (Fsp3) is 0.310. The Bertz CT molecular complexity index is 1300. The smallest absolute Gasteiger partial charge is 0.264 e. The van der Waals surface area contributed by atoms with Gasteiger partial charge in [-0.25, -0.2) is 12.8 Å². The largest absolute Gasteiger partial charge is 0.352 e. The van der Waals surface area contributed by atoms with Crippen LogP contribution in [0.4, 0.5) is 10.1 Å². The molecule has 202 valence electrons. The van der Waals surface area contributed by atoms with Gasteiger partial charge in [-0.15, -0.1) is 0 Å². The molecule has 0 spiro atoms. The number of nitrogens with one attached hydrogen (secondary N) is 1. The molecular weight excluding hydrogens is 505 g/mol. The van der Waals surface area contributed by atoms with Crippen molar-refractivity contribution in [2.75, 3.05) is 17.4 Å². The Hall–Kier alpha value is -3.72. The zero-order valence-corrected chi connectivity index (χ0v) is 22.7. The number of carbonyl (C=O) groups is 2. The monoisotopic (exact) mass is 539 g/mol. The molecule has 3 aromatic rings. The van der Waals surface area contributed by atoms with Crippen LogP contribution in [0.2, 0.25) is 0 Å². The van der Waals surface area contributed by atoms with Crippen LogP contribution < -0.4 is 9.62 Å². The van der Waals surface area contributed by atoms with E-state index in [1.165, 1.54) is 29.2 Å². The molecule has 0 aliphatic heterocycles. The summed E-state index contributed by atoms with van der Waals surface area (Å²) >= 11 is 0. The Morgan fingerprint density at radius 3 is 2.03 bits per heavy atom. The second-order valence-electron chi connectivity index (χ2n) is 9.21. The summed E-state index contributed by atoms with van der Waals surface area (Å²) in [6.45, 7) is 5.15. The van der Waals surface area contributed by atoms with Crippen LogP contribution in [0.25, 0.3) is 0 Å². The lowest BCUT2D eigenvalue weighted by Gasteiger charge is -2.33. The highest BCUT2D eigenvalue weighted by Crippen LogP contribution is 2.24. The molecule has 0 saturated heterocycles. The molecule has 0 heterocycles. The molecule has 2 amide bonds. The number of anilines is 1. The third-order valence-electron chi connectivity index (χ3n) is 6.03. The van der Waals surface area contributed by atoms with E-state index >= 15 is 0 Å². The zero-order valence-electron chi connectivity index (χ0n) is 21.9. The van der Waals surface area contributed by atoms with Crippen molar-refractivity contribution in [3.05, 3.63) is 96.3 Å². The standard InChI is InChI=1S/C29H34FN3O4S/c1-4-27(29(35)31-22(2)3)32(20-19-23-11-7-5-8-12-23)28(34)21-33(25-17-15-24(30)16-18-25)38(36,37)26-13-9-6-10-14-26/h5-18,22,27H,4,19-21H2,1-3H3,(H,31,35). The second-order valence-corrected chi connectivity index (χ2v) is 11.1. The predicted molar refractivity (Wildman–Crippen MR) is 147 cm³/mol. The Kier molecular flexibility index (Phi) is 10.0. The summed E-state index contributed by atoms with van der Waals surface area (Å²) in [6.07, 6.45) is 0.834. The Morgan fingerprint density at radius 2 is 1.47 bits per heavy atom. The Labute approximate surface area is 224 Å². The van der Waals surface area contributed by atoms with Gasteiger partial charge in [-0.05, 0) is 68.7 Å². The maximum atomic E-state index is 13.8. The molecule has 7 nitrogen and oxygen atoms in total. The highest BCUT2D eigenvalue weighted by Gasteiger charge is 2.33. The van der Waals surface area contributed by atoms with Crippen LogP contribution in [0.1, 0.15) is 32.8 Å². The first-order valence-corrected chi connectivity index (χ1v) is 14.0. The van der Waals surface area contributed by atoms with E-state index in [0.717, 1.165) is 22.0 Å². The van der Waals surface area contributed by atoms with Gasteiger partial charge in [0.2, 0.25) is 11.8 Å². The Morgan fingerprint density at radius 1 is 0.895 bits per heavy atom. The molecule has 1 atom stereocenters. The minimum absolute atomic E-state index is 0.00227. The highest BCUT2D eigenvalue weighted by molar-refractivity contribution is 7.92. The lowest BCUT2D eigenvalue weighted by molar-refractivity contribution is -0.139. The van der Waals surface area contributed by atoms with E-state index < -0.39 is 34.3 Å². The van der Waals surface area contributed by atoms with Crippen LogP contribution in [0.15, 0.2) is 89.8 Å². The number of sulfonamides is 1. The lowest BCUT2D eigenvalue weighted by atomic mass is 10.1. The lowest BCUT2D eigenvalue weighted by Crippen LogP contribution is -2.54. The SMILES string of the molecule is CCC(C(=O)NC(C)C)N(CCc1ccccc1)C(=O)CN(c1ccc(F)cc1)S(=O)(=O)c1ccccc1. The van der Waals surface area contributed by atoms with Gasteiger partial charge in [-0.2, -0.15) is 0 Å². The van der Waals surface area contributed by atoms with Gasteiger partial charge in [0.15, 0.2) is 0 Å². The normalized spacial score (nSPS) is 12.1. The molecule has 0 saturated carbocycles. The average Bonchev–Trinajstić information content (AvgIpc) is 2.90. The topological polar surface area (TPSA) is 86.8 Å². The first-order valence-electron chi connectivity index (χ1n) is 12.6. The summed E-state index contributed by atoms with van der Waals surface area (Å²) in [5.41, 5.74) is 1.13. The third-order valence-corrected chi connectivity index (χ3v) is 7.81. The fourth-order valence-corrected chi connectivity index (χ4v) is 5.57. The number of rotatable bonds is 12. The minimum Gasteiger partial charge on any atom is -0.352 e. The summed E-state index contributed by atoms with van der Waals surface area (Å²) in [7, 11) is -4.17. The molecule has 1 unspecified atom stereocenters. The minimum atomic E-state index is -4.17. The van der Waals surface area contributed by atoms with E-state index in [9.17, 15) is 22.4 Å². The van der Waals surface area contributed by atoms with Crippen LogP contribution in [-0.2, 0) is 26.0 Å². The number of amides is 2. The third kappa shape index (κ3) is 7.41. The van der Waals surface area contributed by atoms with Crippen molar-refractivity contribution in [1.82, 2.24) is 10.2 Å². The van der Waals surface area contributed by atoms with Crippen molar-refractivity contribution >= 4 is 27.5 Å². The Balaban J connectivity index is 1.99. The van der Waals surface area contributed by atoms with E-state index in [4.69, 9.17) is 0 Å². The molecule has 0 radical (unpaired) electrons. The van der Waals surface area contributed by atoms with Crippen LogP contribution in [0.3, 0.4) is 0 Å². The van der Waals surface area contributed by atoms with Gasteiger partial charge >= 0.3 is 0 Å². The summed E-state index contributed by atoms with van der Waals surface area (Å²) < 4.78 is 42.0. The summed E-state index contributed by atoms with van der Waals surface area (Å²) in [6, 6.07) is 21.3. The van der Waals surface area contributed by atoms with E-state index in [-0.39, 0.29) is 29.1 Å². The summed E-state index contributed by atoms with van der Waals surface area (Å²) in [5, 5.41) is 2.87. The maximum Gasteiger partial charge on any atom is 0.264 e. The molecule has 0 fully saturated rings. The van der Waals surface area contributed by atoms with Crippen molar-refractivity contribution in [2.45, 2.75) is 50.6 Å². The van der Waals surface area contributed by atoms with Crippen LogP contribution >= 0.6 is 0 Å². The number of halogens is 1. The molecule has 0 bridgehead atoms. The first kappa shape index (κ1) is 28.8. The average molecular weight is 540 g/mol. The van der Waals surface area contributed by atoms with E-state index in [1.54, 1.807) is 18.2 Å².